The lowest BCUT2D eigenvalue weighted by atomic mass is 10.3. The first-order valence-corrected chi connectivity index (χ1v) is 8.36. The number of benzene rings is 1. The fraction of sp³-hybridized carbons (Fsp3) is 0.312. The van der Waals surface area contributed by atoms with Crippen LogP contribution in [-0.4, -0.2) is 37.3 Å². The Hall–Kier alpha value is -2.48. The first-order chi connectivity index (χ1) is 11.3. The largest absolute Gasteiger partial charge is 0.481 e. The maximum Gasteiger partial charge on any atom is 0.313 e. The summed E-state index contributed by atoms with van der Waals surface area (Å²) in [5.74, 6) is -1.55. The number of hydrogen-bond donors (Lipinski definition) is 2. The molecule has 1 heterocycles. The van der Waals surface area contributed by atoms with E-state index in [0.29, 0.717) is 11.4 Å². The number of carbonyl (C=O) groups is 2. The predicted molar refractivity (Wildman–Crippen MR) is 93.9 cm³/mol. The first kappa shape index (κ1) is 17.9. The Labute approximate surface area is 143 Å². The molecule has 0 aliphatic carbocycles. The monoisotopic (exact) mass is 349 g/mol. The minimum absolute atomic E-state index is 0.170. The van der Waals surface area contributed by atoms with Gasteiger partial charge in [-0.1, -0.05) is 18.2 Å². The normalized spacial score (nSPS) is 12.0. The molecule has 0 aliphatic rings. The molecular weight excluding hydrogens is 330 g/mol. The van der Waals surface area contributed by atoms with Crippen LogP contribution in [0, 0.1) is 6.92 Å². The van der Waals surface area contributed by atoms with E-state index >= 15 is 0 Å². The van der Waals surface area contributed by atoms with Gasteiger partial charge in [0.2, 0.25) is 5.91 Å². The average Bonchev–Trinajstić information content (AvgIpc) is 2.76. The molecule has 1 aromatic heterocycles. The lowest BCUT2D eigenvalue weighted by molar-refractivity contribution is -0.133. The quantitative estimate of drug-likeness (QED) is 0.827. The number of carboxylic acid groups (broad SMARTS) is 1. The van der Waals surface area contributed by atoms with Gasteiger partial charge in [0.1, 0.15) is 5.69 Å². The highest BCUT2D eigenvalue weighted by Gasteiger charge is 2.21. The van der Waals surface area contributed by atoms with Crippen LogP contribution in [0.3, 0.4) is 0 Å². The molecule has 1 aromatic carbocycles. The second-order valence-corrected chi connectivity index (χ2v) is 6.60. The molecule has 0 aliphatic heterocycles. The van der Waals surface area contributed by atoms with Crippen molar-refractivity contribution < 1.29 is 14.7 Å². The molecule has 0 saturated heterocycles. The van der Waals surface area contributed by atoms with Crippen LogP contribution in [0.1, 0.15) is 12.6 Å². The number of nitrogens with one attached hydrogen (secondary N) is 1. The van der Waals surface area contributed by atoms with E-state index in [0.717, 1.165) is 11.8 Å². The van der Waals surface area contributed by atoms with Gasteiger partial charge in [-0.3, -0.25) is 19.1 Å². The summed E-state index contributed by atoms with van der Waals surface area (Å²) in [6.07, 6.45) is 0. The molecule has 128 valence electrons. The molecule has 7 nitrogen and oxygen atoms in total. The number of rotatable bonds is 6. The number of hydrogen-bond acceptors (Lipinski definition) is 4. The van der Waals surface area contributed by atoms with E-state index in [2.05, 4.69) is 5.32 Å². The van der Waals surface area contributed by atoms with Gasteiger partial charge in [0.15, 0.2) is 0 Å². The number of aromatic nitrogens is 2. The second kappa shape index (κ2) is 7.39. The van der Waals surface area contributed by atoms with Gasteiger partial charge >= 0.3 is 5.97 Å². The summed E-state index contributed by atoms with van der Waals surface area (Å²) in [5.41, 5.74) is 1.19. The molecule has 0 radical (unpaired) electrons. The third kappa shape index (κ3) is 3.70. The first-order valence-electron chi connectivity index (χ1n) is 7.31. The lowest BCUT2D eigenvalue weighted by Crippen LogP contribution is -2.27. The number of anilines is 1. The van der Waals surface area contributed by atoms with E-state index in [1.165, 1.54) is 4.68 Å². The third-order valence-corrected chi connectivity index (χ3v) is 4.76. The van der Waals surface area contributed by atoms with Crippen LogP contribution in [-0.2, 0) is 16.6 Å². The number of para-hydroxylation sites is 1. The zero-order valence-corrected chi connectivity index (χ0v) is 14.5. The molecule has 2 rings (SSSR count). The fourth-order valence-corrected chi connectivity index (χ4v) is 2.81. The highest BCUT2D eigenvalue weighted by atomic mass is 32.2. The Kier molecular flexibility index (Phi) is 5.50. The predicted octanol–water partition coefficient (Wildman–Crippen LogP) is 1.63. The van der Waals surface area contributed by atoms with Crippen molar-refractivity contribution >= 4 is 29.3 Å². The average molecular weight is 349 g/mol. The van der Waals surface area contributed by atoms with E-state index in [4.69, 9.17) is 5.11 Å². The van der Waals surface area contributed by atoms with Crippen molar-refractivity contribution in [1.29, 1.82) is 0 Å². The Balaban J connectivity index is 2.28. The minimum atomic E-state index is -0.984. The number of aliphatic carboxylic acids is 1. The van der Waals surface area contributed by atoms with E-state index < -0.39 is 17.1 Å². The lowest BCUT2D eigenvalue weighted by Gasteiger charge is -2.09. The van der Waals surface area contributed by atoms with Crippen molar-refractivity contribution in [3.63, 3.8) is 0 Å². The van der Waals surface area contributed by atoms with Crippen LogP contribution >= 0.6 is 11.8 Å². The van der Waals surface area contributed by atoms with Gasteiger partial charge in [-0.15, -0.1) is 11.8 Å². The van der Waals surface area contributed by atoms with Gasteiger partial charge in [-0.05, 0) is 26.0 Å². The number of carbonyl (C=O) groups excluding carboxylic acids is 1. The Morgan fingerprint density at radius 2 is 1.92 bits per heavy atom. The van der Waals surface area contributed by atoms with Crippen molar-refractivity contribution in [2.45, 2.75) is 19.1 Å². The standard InChI is InChI=1S/C16H19N3O4S/c1-10-14(17-15(22)11(2)24-9-13(20)21)16(23)19(18(10)3)12-7-5-4-6-8-12/h4-8,11H,9H2,1-3H3,(H,17,22)(H,20,21)/t11-/m0/s1. The highest BCUT2D eigenvalue weighted by molar-refractivity contribution is 8.01. The van der Waals surface area contributed by atoms with Crippen LogP contribution in [0.25, 0.3) is 5.69 Å². The zero-order chi connectivity index (χ0) is 17.9. The molecule has 0 fully saturated rings. The van der Waals surface area contributed by atoms with E-state index in [9.17, 15) is 14.4 Å². The third-order valence-electron chi connectivity index (χ3n) is 3.63. The fourth-order valence-electron chi connectivity index (χ4n) is 2.21. The van der Waals surface area contributed by atoms with Gasteiger partial charge in [0, 0.05) is 7.05 Å². The summed E-state index contributed by atoms with van der Waals surface area (Å²) in [7, 11) is 1.74. The number of carboxylic acids is 1. The van der Waals surface area contributed by atoms with E-state index in [1.54, 1.807) is 37.7 Å². The molecule has 0 unspecified atom stereocenters. The molecule has 0 saturated carbocycles. The summed E-state index contributed by atoms with van der Waals surface area (Å²) in [5, 5.41) is 10.7. The van der Waals surface area contributed by atoms with Gasteiger partial charge in [-0.25, -0.2) is 4.68 Å². The van der Waals surface area contributed by atoms with Crippen LogP contribution < -0.4 is 10.9 Å². The molecule has 1 atom stereocenters. The topological polar surface area (TPSA) is 93.3 Å². The number of amides is 1. The van der Waals surface area contributed by atoms with Crippen molar-refractivity contribution in [2.75, 3.05) is 11.1 Å². The summed E-state index contributed by atoms with van der Waals surface area (Å²) in [6, 6.07) is 9.11. The van der Waals surface area contributed by atoms with Crippen LogP contribution in [0.5, 0.6) is 0 Å². The van der Waals surface area contributed by atoms with Crippen LogP contribution in [0.4, 0.5) is 5.69 Å². The zero-order valence-electron chi connectivity index (χ0n) is 13.6. The van der Waals surface area contributed by atoms with Gasteiger partial charge in [-0.2, -0.15) is 0 Å². The molecule has 24 heavy (non-hydrogen) atoms. The smallest absolute Gasteiger partial charge is 0.313 e. The minimum Gasteiger partial charge on any atom is -0.481 e. The van der Waals surface area contributed by atoms with Crippen molar-refractivity contribution in [1.82, 2.24) is 9.36 Å². The molecule has 2 aromatic rings. The molecule has 8 heteroatoms. The van der Waals surface area contributed by atoms with Crippen LogP contribution in [0.2, 0.25) is 0 Å². The summed E-state index contributed by atoms with van der Waals surface area (Å²) in [4.78, 5) is 35.5. The van der Waals surface area contributed by atoms with Crippen molar-refractivity contribution in [3.8, 4) is 5.69 Å². The molecule has 0 spiro atoms. The Morgan fingerprint density at radius 1 is 1.29 bits per heavy atom. The van der Waals surface area contributed by atoms with E-state index in [1.807, 2.05) is 18.2 Å². The summed E-state index contributed by atoms with van der Waals surface area (Å²) < 4.78 is 3.14. The summed E-state index contributed by atoms with van der Waals surface area (Å²) in [6.45, 7) is 3.35. The maximum atomic E-state index is 12.7. The Morgan fingerprint density at radius 3 is 2.50 bits per heavy atom. The second-order valence-electron chi connectivity index (χ2n) is 5.27. The molecule has 1 amide bonds. The van der Waals surface area contributed by atoms with Gasteiger partial charge in [0.05, 0.1) is 22.4 Å². The van der Waals surface area contributed by atoms with Crippen molar-refractivity contribution in [3.05, 3.63) is 46.4 Å². The van der Waals surface area contributed by atoms with Crippen LogP contribution in [0.15, 0.2) is 35.1 Å². The Bertz CT molecular complexity index is 811. The highest BCUT2D eigenvalue weighted by Crippen LogP contribution is 2.17. The molecule has 0 bridgehead atoms. The summed E-state index contributed by atoms with van der Waals surface area (Å²) >= 11 is 1.00. The van der Waals surface area contributed by atoms with Crippen molar-refractivity contribution in [2.24, 2.45) is 7.05 Å². The van der Waals surface area contributed by atoms with Gasteiger partial charge < -0.3 is 10.4 Å². The SMILES string of the molecule is Cc1c(NC(=O)[C@H](C)SCC(=O)O)c(=O)n(-c2ccccc2)n1C. The van der Waals surface area contributed by atoms with Gasteiger partial charge in [0.25, 0.3) is 5.56 Å². The number of nitrogens with zero attached hydrogens (tertiary/aromatic N) is 2. The van der Waals surface area contributed by atoms with E-state index in [-0.39, 0.29) is 17.0 Å². The molecular formula is C16H19N3O4S. The number of thioether (sulfide) groups is 1. The molecule has 2 N–H and O–H groups in total. The maximum absolute atomic E-state index is 12.7.